The van der Waals surface area contributed by atoms with Gasteiger partial charge in [-0.25, -0.2) is 9.50 Å². The van der Waals surface area contributed by atoms with Crippen molar-refractivity contribution in [2.24, 2.45) is 5.92 Å². The van der Waals surface area contributed by atoms with Crippen LogP contribution >= 0.6 is 0 Å². The van der Waals surface area contributed by atoms with Crippen molar-refractivity contribution in [2.45, 2.75) is 25.8 Å². The van der Waals surface area contributed by atoms with Gasteiger partial charge in [-0.1, -0.05) is 24.6 Å². The van der Waals surface area contributed by atoms with Crippen LogP contribution in [0.5, 0.6) is 5.75 Å². The van der Waals surface area contributed by atoms with E-state index in [9.17, 15) is 4.79 Å². The van der Waals surface area contributed by atoms with E-state index in [1.807, 2.05) is 36.4 Å². The Morgan fingerprint density at radius 3 is 2.82 bits per heavy atom. The predicted molar refractivity (Wildman–Crippen MR) is 125 cm³/mol. The number of benzene rings is 1. The molecule has 1 aromatic carbocycles. The highest BCUT2D eigenvalue weighted by atomic mass is 16.5. The summed E-state index contributed by atoms with van der Waals surface area (Å²) in [5.41, 5.74) is 15.1. The Balaban J connectivity index is 1.31. The average molecular weight is 444 g/mol. The topological polar surface area (TPSA) is 133 Å². The number of amides is 1. The van der Waals surface area contributed by atoms with E-state index >= 15 is 0 Å². The van der Waals surface area contributed by atoms with Gasteiger partial charge in [0, 0.05) is 30.1 Å². The number of fused-ring (bicyclic) bond motifs is 1. The molecule has 0 radical (unpaired) electrons. The van der Waals surface area contributed by atoms with Crippen LogP contribution < -0.4 is 21.5 Å². The van der Waals surface area contributed by atoms with Crippen LogP contribution in [0.3, 0.4) is 0 Å². The first kappa shape index (κ1) is 20.7. The molecule has 0 saturated heterocycles. The van der Waals surface area contributed by atoms with Gasteiger partial charge in [-0.05, 0) is 48.6 Å². The summed E-state index contributed by atoms with van der Waals surface area (Å²) in [5.74, 6) is 1.49. The van der Waals surface area contributed by atoms with Gasteiger partial charge in [0.15, 0.2) is 5.65 Å². The van der Waals surface area contributed by atoms with E-state index in [0.717, 1.165) is 22.4 Å². The van der Waals surface area contributed by atoms with E-state index in [2.05, 4.69) is 20.4 Å². The molecular formula is C24H25N7O2. The zero-order chi connectivity index (χ0) is 22.8. The standard InChI is InChI=1S/C24H25N7O2/c25-22-19(10-18(13-27-22)16-8-9-31-21(11-16)29-24(26)30-31)23(32)28-12-17-6-1-2-7-20(17)33-14-15-4-3-5-15/h1-2,6-11,13,15H,3-5,12,14H2,(H2,25,27)(H2,26,30)(H,28,32). The molecule has 1 saturated carbocycles. The minimum Gasteiger partial charge on any atom is -0.493 e. The highest BCUT2D eigenvalue weighted by Crippen LogP contribution is 2.28. The van der Waals surface area contributed by atoms with Gasteiger partial charge in [0.2, 0.25) is 5.95 Å². The highest BCUT2D eigenvalue weighted by molar-refractivity contribution is 5.99. The fourth-order valence-electron chi connectivity index (χ4n) is 3.82. The SMILES string of the molecule is Nc1nc2cc(-c3cnc(N)c(C(=O)NCc4ccccc4OCC4CCC4)c3)ccn2n1. The molecule has 9 heteroatoms. The Kier molecular flexibility index (Phi) is 5.52. The second kappa shape index (κ2) is 8.78. The summed E-state index contributed by atoms with van der Waals surface area (Å²) in [4.78, 5) is 21.4. The van der Waals surface area contributed by atoms with E-state index in [-0.39, 0.29) is 17.7 Å². The second-order valence-corrected chi connectivity index (χ2v) is 8.24. The van der Waals surface area contributed by atoms with Crippen LogP contribution in [0.4, 0.5) is 11.8 Å². The molecule has 1 aliphatic carbocycles. The van der Waals surface area contributed by atoms with Gasteiger partial charge in [0.1, 0.15) is 11.6 Å². The normalized spacial score (nSPS) is 13.6. The van der Waals surface area contributed by atoms with Crippen molar-refractivity contribution in [3.05, 3.63) is 66.0 Å². The molecule has 33 heavy (non-hydrogen) atoms. The molecule has 0 atom stereocenters. The van der Waals surface area contributed by atoms with Crippen LogP contribution in [0.2, 0.25) is 0 Å². The quantitative estimate of drug-likeness (QED) is 0.400. The summed E-state index contributed by atoms with van der Waals surface area (Å²) in [6, 6.07) is 13.2. The number of aromatic nitrogens is 4. The van der Waals surface area contributed by atoms with Crippen molar-refractivity contribution in [3.8, 4) is 16.9 Å². The first-order valence-corrected chi connectivity index (χ1v) is 10.9. The molecular weight excluding hydrogens is 418 g/mol. The monoisotopic (exact) mass is 443 g/mol. The van der Waals surface area contributed by atoms with Gasteiger partial charge in [-0.15, -0.1) is 5.10 Å². The Hall–Kier alpha value is -4.14. The Labute approximate surface area is 190 Å². The molecule has 1 fully saturated rings. The van der Waals surface area contributed by atoms with Gasteiger partial charge in [-0.3, -0.25) is 4.79 Å². The minimum atomic E-state index is -0.302. The summed E-state index contributed by atoms with van der Waals surface area (Å²) >= 11 is 0. The molecule has 4 aromatic rings. The molecule has 5 N–H and O–H groups in total. The number of carbonyl (C=O) groups is 1. The van der Waals surface area contributed by atoms with E-state index in [1.165, 1.54) is 19.3 Å². The number of para-hydroxylation sites is 1. The molecule has 9 nitrogen and oxygen atoms in total. The van der Waals surface area contributed by atoms with Crippen LogP contribution in [-0.4, -0.2) is 32.1 Å². The lowest BCUT2D eigenvalue weighted by molar-refractivity contribution is 0.0951. The van der Waals surface area contributed by atoms with Crippen molar-refractivity contribution in [1.82, 2.24) is 24.9 Å². The van der Waals surface area contributed by atoms with E-state index in [0.29, 0.717) is 30.3 Å². The summed E-state index contributed by atoms with van der Waals surface area (Å²) in [5, 5.41) is 7.01. The summed E-state index contributed by atoms with van der Waals surface area (Å²) in [6.07, 6.45) is 7.10. The van der Waals surface area contributed by atoms with E-state index in [4.69, 9.17) is 16.2 Å². The summed E-state index contributed by atoms with van der Waals surface area (Å²) in [7, 11) is 0. The fourth-order valence-corrected chi connectivity index (χ4v) is 3.82. The van der Waals surface area contributed by atoms with Gasteiger partial charge < -0.3 is 21.5 Å². The Bertz CT molecular complexity index is 1310. The maximum absolute atomic E-state index is 13.0. The molecule has 0 unspecified atom stereocenters. The van der Waals surface area contributed by atoms with Crippen LogP contribution in [-0.2, 0) is 6.54 Å². The van der Waals surface area contributed by atoms with Crippen LogP contribution in [0.1, 0.15) is 35.2 Å². The summed E-state index contributed by atoms with van der Waals surface area (Å²) < 4.78 is 7.59. The number of carbonyl (C=O) groups excluding carboxylic acids is 1. The number of ether oxygens (including phenoxy) is 1. The van der Waals surface area contributed by atoms with E-state index < -0.39 is 0 Å². The Morgan fingerprint density at radius 2 is 2.00 bits per heavy atom. The number of nitrogens with zero attached hydrogens (tertiary/aromatic N) is 4. The Morgan fingerprint density at radius 1 is 1.15 bits per heavy atom. The molecule has 5 rings (SSSR count). The van der Waals surface area contributed by atoms with Crippen molar-refractivity contribution in [3.63, 3.8) is 0 Å². The molecule has 0 aliphatic heterocycles. The number of anilines is 2. The largest absolute Gasteiger partial charge is 0.493 e. The van der Waals surface area contributed by atoms with E-state index in [1.54, 1.807) is 23.0 Å². The zero-order valence-electron chi connectivity index (χ0n) is 18.1. The molecule has 0 bridgehead atoms. The lowest BCUT2D eigenvalue weighted by Crippen LogP contribution is -2.25. The lowest BCUT2D eigenvalue weighted by atomic mass is 9.86. The molecule has 0 spiro atoms. The van der Waals surface area contributed by atoms with Crippen LogP contribution in [0.25, 0.3) is 16.8 Å². The van der Waals surface area contributed by atoms with Gasteiger partial charge in [0.05, 0.1) is 12.2 Å². The number of hydrogen-bond donors (Lipinski definition) is 3. The molecule has 1 amide bonds. The summed E-state index contributed by atoms with van der Waals surface area (Å²) in [6.45, 7) is 1.04. The third-order valence-corrected chi connectivity index (χ3v) is 5.96. The van der Waals surface area contributed by atoms with Crippen LogP contribution in [0, 0.1) is 5.92 Å². The number of nitrogen functional groups attached to an aromatic ring is 2. The van der Waals surface area contributed by atoms with Gasteiger partial charge in [-0.2, -0.15) is 4.98 Å². The molecule has 3 aromatic heterocycles. The smallest absolute Gasteiger partial charge is 0.255 e. The minimum absolute atomic E-state index is 0.165. The molecule has 3 heterocycles. The first-order valence-electron chi connectivity index (χ1n) is 10.9. The number of pyridine rings is 2. The van der Waals surface area contributed by atoms with Gasteiger partial charge >= 0.3 is 0 Å². The third-order valence-electron chi connectivity index (χ3n) is 5.96. The lowest BCUT2D eigenvalue weighted by Gasteiger charge is -2.25. The maximum atomic E-state index is 13.0. The number of nitrogens with two attached hydrogens (primary N) is 2. The predicted octanol–water partition coefficient (Wildman–Crippen LogP) is 3.06. The van der Waals surface area contributed by atoms with Crippen molar-refractivity contribution in [2.75, 3.05) is 18.1 Å². The first-order chi connectivity index (χ1) is 16.1. The van der Waals surface area contributed by atoms with Crippen molar-refractivity contribution >= 4 is 23.3 Å². The number of nitrogens with one attached hydrogen (secondary N) is 1. The highest BCUT2D eigenvalue weighted by Gasteiger charge is 2.19. The number of rotatable bonds is 7. The van der Waals surface area contributed by atoms with Crippen LogP contribution in [0.15, 0.2) is 54.9 Å². The van der Waals surface area contributed by atoms with Gasteiger partial charge in [0.25, 0.3) is 5.91 Å². The third kappa shape index (κ3) is 4.43. The zero-order valence-corrected chi connectivity index (χ0v) is 18.1. The van der Waals surface area contributed by atoms with Crippen molar-refractivity contribution < 1.29 is 9.53 Å². The maximum Gasteiger partial charge on any atom is 0.255 e. The molecule has 1 aliphatic rings. The number of hydrogen-bond acceptors (Lipinski definition) is 7. The van der Waals surface area contributed by atoms with Crippen molar-refractivity contribution in [1.29, 1.82) is 0 Å². The average Bonchev–Trinajstić information content (AvgIpc) is 3.16. The second-order valence-electron chi connectivity index (χ2n) is 8.24. The fraction of sp³-hybridized carbons (Fsp3) is 0.250. The molecule has 168 valence electrons.